The summed E-state index contributed by atoms with van der Waals surface area (Å²) < 4.78 is 5.36. The molecule has 1 N–H and O–H groups in total. The molecule has 1 atom stereocenters. The Morgan fingerprint density at radius 3 is 2.87 bits per heavy atom. The maximum absolute atomic E-state index is 12.4. The number of thioether (sulfide) groups is 1. The smallest absolute Gasteiger partial charge is 0.224 e. The lowest BCUT2D eigenvalue weighted by atomic mass is 10.1. The van der Waals surface area contributed by atoms with Crippen LogP contribution in [0.1, 0.15) is 17.4 Å². The van der Waals surface area contributed by atoms with Gasteiger partial charge in [0.2, 0.25) is 5.91 Å². The number of benzene rings is 1. The molecule has 2 heterocycles. The van der Waals surface area contributed by atoms with Gasteiger partial charge in [-0.15, -0.1) is 11.8 Å². The van der Waals surface area contributed by atoms with E-state index in [4.69, 9.17) is 16.3 Å². The Morgan fingerprint density at radius 2 is 2.09 bits per heavy atom. The van der Waals surface area contributed by atoms with E-state index in [-0.39, 0.29) is 17.0 Å². The van der Waals surface area contributed by atoms with Crippen molar-refractivity contribution in [2.24, 2.45) is 0 Å². The van der Waals surface area contributed by atoms with Crippen LogP contribution < -0.4 is 0 Å². The number of rotatable bonds is 4. The first-order valence-corrected chi connectivity index (χ1v) is 9.27. The summed E-state index contributed by atoms with van der Waals surface area (Å²) in [5.74, 6) is 1.10. The van der Waals surface area contributed by atoms with Crippen molar-refractivity contribution in [1.82, 2.24) is 9.80 Å². The van der Waals surface area contributed by atoms with Crippen molar-refractivity contribution < 1.29 is 14.6 Å². The highest BCUT2D eigenvalue weighted by molar-refractivity contribution is 7.99. The molecule has 2 aliphatic rings. The van der Waals surface area contributed by atoms with Gasteiger partial charge in [0.15, 0.2) is 0 Å². The summed E-state index contributed by atoms with van der Waals surface area (Å²) in [4.78, 5) is 16.6. The molecule has 0 spiro atoms. The van der Waals surface area contributed by atoms with Crippen LogP contribution in [0.2, 0.25) is 5.02 Å². The van der Waals surface area contributed by atoms with Gasteiger partial charge < -0.3 is 14.7 Å². The number of nitrogens with zero attached hydrogens (tertiary/aromatic N) is 2. The molecule has 1 amide bonds. The van der Waals surface area contributed by atoms with Crippen LogP contribution in [0.25, 0.3) is 0 Å². The lowest BCUT2D eigenvalue weighted by Crippen LogP contribution is -2.45. The third-order valence-electron chi connectivity index (χ3n) is 4.21. The van der Waals surface area contributed by atoms with Crippen LogP contribution in [0.4, 0.5) is 0 Å². The summed E-state index contributed by atoms with van der Waals surface area (Å²) in [6.07, 6.45) is 0.547. The highest BCUT2D eigenvalue weighted by Gasteiger charge is 2.31. The van der Waals surface area contributed by atoms with E-state index in [0.717, 1.165) is 44.2 Å². The number of carbonyl (C=O) groups excluding carboxylic acids is 1. The summed E-state index contributed by atoms with van der Waals surface area (Å²) in [6.45, 7) is 4.79. The molecule has 1 aromatic rings. The van der Waals surface area contributed by atoms with Crippen LogP contribution in [-0.2, 0) is 9.53 Å². The topological polar surface area (TPSA) is 53.0 Å². The number of phenolic OH excluding ortho intramolecular Hbond substituents is 1. The van der Waals surface area contributed by atoms with Gasteiger partial charge in [-0.1, -0.05) is 11.6 Å². The first-order valence-electron chi connectivity index (χ1n) is 7.85. The molecule has 1 unspecified atom stereocenters. The van der Waals surface area contributed by atoms with Crippen molar-refractivity contribution >= 4 is 29.3 Å². The highest BCUT2D eigenvalue weighted by Crippen LogP contribution is 2.41. The second-order valence-electron chi connectivity index (χ2n) is 5.72. The fraction of sp³-hybridized carbons (Fsp3) is 0.562. The Hall–Kier alpha value is -0.950. The van der Waals surface area contributed by atoms with E-state index in [0.29, 0.717) is 18.0 Å². The van der Waals surface area contributed by atoms with Crippen LogP contribution in [0.3, 0.4) is 0 Å². The molecule has 2 saturated heterocycles. The number of carbonyl (C=O) groups is 1. The zero-order valence-electron chi connectivity index (χ0n) is 12.9. The lowest BCUT2D eigenvalue weighted by Gasteiger charge is -2.37. The molecular weight excluding hydrogens is 336 g/mol. The van der Waals surface area contributed by atoms with Gasteiger partial charge in [0.25, 0.3) is 0 Å². The minimum Gasteiger partial charge on any atom is -0.508 e. The fourth-order valence-electron chi connectivity index (χ4n) is 2.92. The van der Waals surface area contributed by atoms with Crippen LogP contribution in [0.15, 0.2) is 18.2 Å². The Labute approximate surface area is 145 Å². The third-order valence-corrected chi connectivity index (χ3v) is 5.71. The average Bonchev–Trinajstić information content (AvgIpc) is 2.57. The Balaban J connectivity index is 1.73. The first kappa shape index (κ1) is 16.9. The normalized spacial score (nSPS) is 23.3. The third kappa shape index (κ3) is 4.12. The van der Waals surface area contributed by atoms with Gasteiger partial charge in [-0.05, 0) is 18.2 Å². The van der Waals surface area contributed by atoms with E-state index in [1.54, 1.807) is 30.0 Å². The lowest BCUT2D eigenvalue weighted by molar-refractivity contribution is -0.132. The summed E-state index contributed by atoms with van der Waals surface area (Å²) in [5.41, 5.74) is 0.720. The largest absolute Gasteiger partial charge is 0.508 e. The Bertz CT molecular complexity index is 566. The number of hydrogen-bond acceptors (Lipinski definition) is 5. The molecule has 0 aromatic heterocycles. The van der Waals surface area contributed by atoms with Crippen molar-refractivity contribution in [2.45, 2.75) is 11.8 Å². The summed E-state index contributed by atoms with van der Waals surface area (Å²) in [5, 5.41) is 10.6. The molecule has 126 valence electrons. The number of aromatic hydroxyl groups is 1. The number of amides is 1. The molecule has 0 aliphatic carbocycles. The van der Waals surface area contributed by atoms with Crippen molar-refractivity contribution in [3.63, 3.8) is 0 Å². The summed E-state index contributed by atoms with van der Waals surface area (Å²) >= 11 is 7.75. The van der Waals surface area contributed by atoms with E-state index in [2.05, 4.69) is 4.90 Å². The fourth-order valence-corrected chi connectivity index (χ4v) is 4.39. The molecule has 23 heavy (non-hydrogen) atoms. The van der Waals surface area contributed by atoms with E-state index >= 15 is 0 Å². The van der Waals surface area contributed by atoms with E-state index in [1.807, 2.05) is 4.90 Å². The second-order valence-corrected chi connectivity index (χ2v) is 7.34. The molecule has 1 aromatic carbocycles. The Kier molecular flexibility index (Phi) is 5.69. The van der Waals surface area contributed by atoms with Crippen molar-refractivity contribution in [3.8, 4) is 5.75 Å². The molecule has 0 saturated carbocycles. The molecular formula is C16H21ClN2O3S. The predicted molar refractivity (Wildman–Crippen MR) is 91.9 cm³/mol. The molecule has 5 nitrogen and oxygen atoms in total. The summed E-state index contributed by atoms with van der Waals surface area (Å²) in [6, 6.07) is 5.01. The second kappa shape index (κ2) is 7.75. The molecule has 2 aliphatic heterocycles. The standard InChI is InChI=1S/C16H21ClN2O3S/c17-12-1-2-14(20)13(11-12)16-19(15(21)3-10-23-16)5-4-18-6-8-22-9-7-18/h1-2,11,16,20H,3-10H2. The molecule has 2 fully saturated rings. The van der Waals surface area contributed by atoms with E-state index in [1.165, 1.54) is 0 Å². The SMILES string of the molecule is O=C1CCSC(c2cc(Cl)ccc2O)N1CCN1CCOCC1. The van der Waals surface area contributed by atoms with Crippen molar-refractivity contribution in [1.29, 1.82) is 0 Å². The van der Waals surface area contributed by atoms with Gasteiger partial charge in [0, 0.05) is 48.9 Å². The quantitative estimate of drug-likeness (QED) is 0.897. The maximum Gasteiger partial charge on any atom is 0.224 e. The predicted octanol–water partition coefficient (Wildman–Crippen LogP) is 2.34. The monoisotopic (exact) mass is 356 g/mol. The molecule has 7 heteroatoms. The number of ether oxygens (including phenoxy) is 1. The summed E-state index contributed by atoms with van der Waals surface area (Å²) in [7, 11) is 0. The van der Waals surface area contributed by atoms with Gasteiger partial charge >= 0.3 is 0 Å². The van der Waals surface area contributed by atoms with E-state index in [9.17, 15) is 9.90 Å². The zero-order valence-corrected chi connectivity index (χ0v) is 14.5. The maximum atomic E-state index is 12.4. The number of morpholine rings is 1. The molecule has 0 radical (unpaired) electrons. The van der Waals surface area contributed by atoms with Crippen LogP contribution in [0.5, 0.6) is 5.75 Å². The van der Waals surface area contributed by atoms with Gasteiger partial charge in [0.05, 0.1) is 13.2 Å². The Morgan fingerprint density at radius 1 is 1.30 bits per heavy atom. The van der Waals surface area contributed by atoms with Gasteiger partial charge in [-0.25, -0.2) is 0 Å². The van der Waals surface area contributed by atoms with Crippen molar-refractivity contribution in [3.05, 3.63) is 28.8 Å². The first-order chi connectivity index (χ1) is 11.1. The number of halogens is 1. The van der Waals surface area contributed by atoms with Gasteiger partial charge in [-0.2, -0.15) is 0 Å². The van der Waals surface area contributed by atoms with E-state index < -0.39 is 0 Å². The van der Waals surface area contributed by atoms with Gasteiger partial charge in [-0.3, -0.25) is 9.69 Å². The number of hydrogen-bond donors (Lipinski definition) is 1. The highest BCUT2D eigenvalue weighted by atomic mass is 35.5. The van der Waals surface area contributed by atoms with Gasteiger partial charge in [0.1, 0.15) is 11.1 Å². The van der Waals surface area contributed by atoms with Crippen LogP contribution in [-0.4, -0.2) is 66.0 Å². The molecule has 0 bridgehead atoms. The minimum atomic E-state index is -0.170. The average molecular weight is 357 g/mol. The zero-order chi connectivity index (χ0) is 16.2. The molecule has 3 rings (SSSR count). The van der Waals surface area contributed by atoms with Crippen molar-refractivity contribution in [2.75, 3.05) is 45.1 Å². The van der Waals surface area contributed by atoms with Crippen LogP contribution in [0, 0.1) is 0 Å². The number of phenols is 1. The van der Waals surface area contributed by atoms with Crippen LogP contribution >= 0.6 is 23.4 Å². The minimum absolute atomic E-state index is 0.140.